The molecule has 7 heteroatoms. The summed E-state index contributed by atoms with van der Waals surface area (Å²) in [6, 6.07) is -1.61. The first kappa shape index (κ1) is 17.3. The van der Waals surface area contributed by atoms with Crippen LogP contribution in [0.4, 0.5) is 4.79 Å². The number of urea groups is 1. The van der Waals surface area contributed by atoms with Crippen molar-refractivity contribution in [1.29, 1.82) is 0 Å². The van der Waals surface area contributed by atoms with Crippen molar-refractivity contribution in [1.82, 2.24) is 10.6 Å². The molecule has 1 aliphatic carbocycles. The van der Waals surface area contributed by atoms with E-state index in [4.69, 9.17) is 5.11 Å². The second kappa shape index (κ2) is 7.28. The van der Waals surface area contributed by atoms with Crippen molar-refractivity contribution in [3.8, 4) is 0 Å². The van der Waals surface area contributed by atoms with Crippen molar-refractivity contribution in [3.05, 3.63) is 0 Å². The number of carboxylic acid groups (broad SMARTS) is 1. The predicted molar refractivity (Wildman–Crippen MR) is 75.7 cm³/mol. The summed E-state index contributed by atoms with van der Waals surface area (Å²) in [4.78, 5) is 33.9. The summed E-state index contributed by atoms with van der Waals surface area (Å²) >= 11 is 0. The highest BCUT2D eigenvalue weighted by Gasteiger charge is 2.45. The van der Waals surface area contributed by atoms with Crippen LogP contribution in [0.1, 0.15) is 39.5 Å². The number of methoxy groups -OCH3 is 1. The Hall–Kier alpha value is -1.79. The Morgan fingerprint density at radius 2 is 1.90 bits per heavy atom. The van der Waals surface area contributed by atoms with Gasteiger partial charge in [0, 0.05) is 13.0 Å². The quantitative estimate of drug-likeness (QED) is 0.583. The SMILES string of the molecule is COC(=O)CC[C@@H](NC(=O)NCC1(C(C)C)CC1)C(=O)O. The average Bonchev–Trinajstić information content (AvgIpc) is 3.21. The van der Waals surface area contributed by atoms with Gasteiger partial charge in [0.1, 0.15) is 6.04 Å². The lowest BCUT2D eigenvalue weighted by Gasteiger charge is -2.21. The lowest BCUT2D eigenvalue weighted by atomic mass is 9.92. The fourth-order valence-corrected chi connectivity index (χ4v) is 2.21. The first-order valence-electron chi connectivity index (χ1n) is 7.15. The summed E-state index contributed by atoms with van der Waals surface area (Å²) in [5, 5.41) is 14.1. The van der Waals surface area contributed by atoms with E-state index in [2.05, 4.69) is 29.2 Å². The van der Waals surface area contributed by atoms with Crippen molar-refractivity contribution in [2.45, 2.75) is 45.6 Å². The molecule has 120 valence electrons. The Bertz CT molecular complexity index is 404. The van der Waals surface area contributed by atoms with E-state index < -0.39 is 24.0 Å². The lowest BCUT2D eigenvalue weighted by molar-refractivity contribution is -0.142. The van der Waals surface area contributed by atoms with Crippen LogP contribution >= 0.6 is 0 Å². The number of nitrogens with one attached hydrogen (secondary N) is 2. The van der Waals surface area contributed by atoms with Crippen LogP contribution in [0.25, 0.3) is 0 Å². The molecule has 0 heterocycles. The van der Waals surface area contributed by atoms with Crippen LogP contribution in [-0.4, -0.2) is 42.8 Å². The Kier molecular flexibility index (Phi) is 5.99. The Morgan fingerprint density at radius 1 is 1.29 bits per heavy atom. The molecule has 0 aliphatic heterocycles. The molecule has 1 saturated carbocycles. The zero-order chi connectivity index (χ0) is 16.0. The zero-order valence-corrected chi connectivity index (χ0v) is 12.8. The Labute approximate surface area is 124 Å². The van der Waals surface area contributed by atoms with E-state index in [9.17, 15) is 14.4 Å². The molecule has 21 heavy (non-hydrogen) atoms. The first-order valence-corrected chi connectivity index (χ1v) is 7.15. The average molecular weight is 300 g/mol. The van der Waals surface area contributed by atoms with Gasteiger partial charge in [-0.3, -0.25) is 4.79 Å². The van der Waals surface area contributed by atoms with Gasteiger partial charge < -0.3 is 20.5 Å². The maximum absolute atomic E-state index is 11.8. The highest BCUT2D eigenvalue weighted by molar-refractivity contribution is 5.83. The lowest BCUT2D eigenvalue weighted by Crippen LogP contribution is -2.47. The molecule has 0 spiro atoms. The second-order valence-corrected chi connectivity index (χ2v) is 5.85. The Balaban J connectivity index is 2.38. The van der Waals surface area contributed by atoms with Crippen molar-refractivity contribution < 1.29 is 24.2 Å². The van der Waals surface area contributed by atoms with E-state index in [-0.39, 0.29) is 18.3 Å². The van der Waals surface area contributed by atoms with Crippen LogP contribution in [0.15, 0.2) is 0 Å². The molecular weight excluding hydrogens is 276 g/mol. The van der Waals surface area contributed by atoms with E-state index in [1.165, 1.54) is 7.11 Å². The van der Waals surface area contributed by atoms with Crippen LogP contribution in [-0.2, 0) is 14.3 Å². The van der Waals surface area contributed by atoms with E-state index in [1.54, 1.807) is 0 Å². The molecule has 1 aliphatic rings. The Morgan fingerprint density at radius 3 is 2.33 bits per heavy atom. The normalized spacial score (nSPS) is 17.0. The first-order chi connectivity index (χ1) is 9.80. The molecule has 0 aromatic rings. The molecule has 1 fully saturated rings. The number of aliphatic carboxylic acids is 1. The van der Waals surface area contributed by atoms with Gasteiger partial charge in [0.15, 0.2) is 0 Å². The molecule has 2 amide bonds. The fourth-order valence-electron chi connectivity index (χ4n) is 2.21. The monoisotopic (exact) mass is 300 g/mol. The molecule has 0 aromatic carbocycles. The van der Waals surface area contributed by atoms with E-state index in [0.29, 0.717) is 12.5 Å². The minimum Gasteiger partial charge on any atom is -0.480 e. The van der Waals surface area contributed by atoms with Gasteiger partial charge in [-0.25, -0.2) is 9.59 Å². The van der Waals surface area contributed by atoms with Crippen LogP contribution in [0.5, 0.6) is 0 Å². The zero-order valence-electron chi connectivity index (χ0n) is 12.8. The van der Waals surface area contributed by atoms with E-state index >= 15 is 0 Å². The number of hydrogen-bond acceptors (Lipinski definition) is 4. The third kappa shape index (κ3) is 5.24. The number of ether oxygens (including phenoxy) is 1. The van der Waals surface area contributed by atoms with Crippen molar-refractivity contribution in [2.75, 3.05) is 13.7 Å². The van der Waals surface area contributed by atoms with Gasteiger partial charge in [-0.2, -0.15) is 0 Å². The van der Waals surface area contributed by atoms with Crippen LogP contribution in [0.3, 0.4) is 0 Å². The van der Waals surface area contributed by atoms with Crippen molar-refractivity contribution in [2.24, 2.45) is 11.3 Å². The van der Waals surface area contributed by atoms with Gasteiger partial charge >= 0.3 is 18.0 Å². The highest BCUT2D eigenvalue weighted by atomic mass is 16.5. The maximum Gasteiger partial charge on any atom is 0.326 e. The van der Waals surface area contributed by atoms with Crippen LogP contribution < -0.4 is 10.6 Å². The van der Waals surface area contributed by atoms with Gasteiger partial charge in [-0.15, -0.1) is 0 Å². The maximum atomic E-state index is 11.8. The van der Waals surface area contributed by atoms with Gasteiger partial charge in [0.25, 0.3) is 0 Å². The summed E-state index contributed by atoms with van der Waals surface area (Å²) < 4.78 is 4.45. The van der Waals surface area contributed by atoms with Crippen LogP contribution in [0, 0.1) is 11.3 Å². The summed E-state index contributed by atoms with van der Waals surface area (Å²) in [6.07, 6.45) is 2.11. The number of rotatable bonds is 8. The minimum absolute atomic E-state index is 0.00471. The smallest absolute Gasteiger partial charge is 0.326 e. The summed E-state index contributed by atoms with van der Waals surface area (Å²) in [5.74, 6) is -1.19. The van der Waals surface area contributed by atoms with Gasteiger partial charge in [0.05, 0.1) is 7.11 Å². The number of carbonyl (C=O) groups is 3. The highest BCUT2D eigenvalue weighted by Crippen LogP contribution is 2.51. The molecule has 7 nitrogen and oxygen atoms in total. The fraction of sp³-hybridized carbons (Fsp3) is 0.786. The van der Waals surface area contributed by atoms with Gasteiger partial charge in [-0.05, 0) is 30.6 Å². The molecule has 0 bridgehead atoms. The largest absolute Gasteiger partial charge is 0.480 e. The molecule has 0 radical (unpaired) electrons. The number of carboxylic acids is 1. The molecule has 3 N–H and O–H groups in total. The second-order valence-electron chi connectivity index (χ2n) is 5.85. The summed E-state index contributed by atoms with van der Waals surface area (Å²) in [5.41, 5.74) is 0.155. The van der Waals surface area contributed by atoms with Crippen molar-refractivity contribution in [3.63, 3.8) is 0 Å². The number of carbonyl (C=O) groups excluding carboxylic acids is 2. The topological polar surface area (TPSA) is 105 Å². The molecule has 1 atom stereocenters. The minimum atomic E-state index is -1.17. The molecule has 1 rings (SSSR count). The summed E-state index contributed by atoms with van der Waals surface area (Å²) in [7, 11) is 1.24. The van der Waals surface area contributed by atoms with Crippen LogP contribution in [0.2, 0.25) is 0 Å². The van der Waals surface area contributed by atoms with E-state index in [1.807, 2.05) is 0 Å². The number of esters is 1. The van der Waals surface area contributed by atoms with Gasteiger partial charge in [-0.1, -0.05) is 13.8 Å². The van der Waals surface area contributed by atoms with Gasteiger partial charge in [0.2, 0.25) is 0 Å². The number of hydrogen-bond donors (Lipinski definition) is 3. The third-order valence-electron chi connectivity index (χ3n) is 4.19. The molecule has 0 unspecified atom stereocenters. The standard InChI is InChI=1S/C14H24N2O5/c1-9(2)14(6-7-14)8-15-13(20)16-10(12(18)19)4-5-11(17)21-3/h9-10H,4-8H2,1-3H3,(H,18,19)(H2,15,16,20)/t10-/m1/s1. The summed E-state index contributed by atoms with van der Waals surface area (Å²) in [6.45, 7) is 4.77. The van der Waals surface area contributed by atoms with Crippen molar-refractivity contribution >= 4 is 18.0 Å². The third-order valence-corrected chi connectivity index (χ3v) is 4.19. The number of amides is 2. The predicted octanol–water partition coefficient (Wildman–Crippen LogP) is 1.13. The van der Waals surface area contributed by atoms with E-state index in [0.717, 1.165) is 12.8 Å². The molecule has 0 saturated heterocycles. The molecule has 0 aromatic heterocycles. The molecular formula is C14H24N2O5.